The van der Waals surface area contributed by atoms with Gasteiger partial charge in [-0.25, -0.2) is 9.18 Å². The number of benzene rings is 2. The molecule has 0 saturated carbocycles. The molecule has 2 bridgehead atoms. The number of nitrogens with zero attached hydrogens (tertiary/aromatic N) is 3. The first-order chi connectivity index (χ1) is 15.8. The molecule has 4 rings (SSSR count). The number of rotatable bonds is 3. The lowest BCUT2D eigenvalue weighted by Gasteiger charge is -2.48. The summed E-state index contributed by atoms with van der Waals surface area (Å²) in [7, 11) is 1.24. The van der Waals surface area contributed by atoms with Gasteiger partial charge in [0, 0.05) is 5.56 Å². The van der Waals surface area contributed by atoms with Crippen LogP contribution in [0.5, 0.6) is 0 Å². The van der Waals surface area contributed by atoms with E-state index in [-0.39, 0.29) is 5.56 Å². The van der Waals surface area contributed by atoms with E-state index in [1.807, 2.05) is 18.2 Å². The Bertz CT molecular complexity index is 1260. The number of ether oxygens (including phenoxy) is 3. The van der Waals surface area contributed by atoms with Crippen molar-refractivity contribution in [2.24, 2.45) is 16.7 Å². The second-order valence-corrected chi connectivity index (χ2v) is 7.89. The fourth-order valence-corrected chi connectivity index (χ4v) is 4.76. The van der Waals surface area contributed by atoms with Gasteiger partial charge in [-0.15, -0.1) is 0 Å². The zero-order chi connectivity index (χ0) is 24.0. The van der Waals surface area contributed by atoms with Gasteiger partial charge >= 0.3 is 5.97 Å². The molecule has 0 aliphatic carbocycles. The van der Waals surface area contributed by atoms with E-state index in [1.165, 1.54) is 55.6 Å². The van der Waals surface area contributed by atoms with Crippen LogP contribution in [-0.4, -0.2) is 19.0 Å². The molecule has 8 nitrogen and oxygen atoms in total. The van der Waals surface area contributed by atoms with E-state index in [0.717, 1.165) is 0 Å². The third kappa shape index (κ3) is 2.62. The van der Waals surface area contributed by atoms with Crippen molar-refractivity contribution < 1.29 is 23.4 Å². The first-order valence-corrected chi connectivity index (χ1v) is 9.90. The van der Waals surface area contributed by atoms with Crippen molar-refractivity contribution in [2.45, 2.75) is 18.8 Å². The Morgan fingerprint density at radius 3 is 2.18 bits per heavy atom. The van der Waals surface area contributed by atoms with Gasteiger partial charge < -0.3 is 14.2 Å². The number of fused-ring (bicyclic) bond motifs is 2. The third-order valence-corrected chi connectivity index (χ3v) is 6.55. The number of esters is 1. The molecule has 4 unspecified atom stereocenters. The zero-order valence-corrected chi connectivity index (χ0v) is 17.6. The van der Waals surface area contributed by atoms with E-state index in [2.05, 4.69) is 0 Å². The molecule has 2 aromatic carbocycles. The number of carbonyl (C=O) groups excluding carboxylic acids is 1. The quantitative estimate of drug-likeness (QED) is 0.711. The van der Waals surface area contributed by atoms with Crippen LogP contribution in [0.4, 0.5) is 4.39 Å². The normalized spacial score (nSPS) is 29.2. The maximum Gasteiger partial charge on any atom is 0.337 e. The Morgan fingerprint density at radius 1 is 1.06 bits per heavy atom. The molecule has 0 aromatic heterocycles. The van der Waals surface area contributed by atoms with Crippen LogP contribution >= 0.6 is 0 Å². The number of methoxy groups -OCH3 is 1. The van der Waals surface area contributed by atoms with Gasteiger partial charge in [-0.2, -0.15) is 15.8 Å². The molecular weight excluding hydrogens is 427 g/mol. The standard InChI is InChI=1S/C24H17FN4O4/c1-14-23(13-28)21(29)33-24(14,17-7-9-18(25)10-8-17)32-19(22(23,11-26)12-27)15-3-5-16(6-4-15)20(30)31-2/h3-10,14,19,29H,1-2H3. The molecule has 0 radical (unpaired) electrons. The smallest absolute Gasteiger partial charge is 0.337 e. The highest BCUT2D eigenvalue weighted by Crippen LogP contribution is 2.68. The van der Waals surface area contributed by atoms with Crippen LogP contribution in [0.15, 0.2) is 48.5 Å². The van der Waals surface area contributed by atoms with E-state index >= 15 is 0 Å². The topological polar surface area (TPSA) is 140 Å². The zero-order valence-electron chi connectivity index (χ0n) is 17.6. The van der Waals surface area contributed by atoms with Crippen molar-refractivity contribution in [1.82, 2.24) is 0 Å². The molecule has 2 aliphatic rings. The van der Waals surface area contributed by atoms with Gasteiger partial charge in [0.05, 0.1) is 36.8 Å². The highest BCUT2D eigenvalue weighted by Gasteiger charge is 2.79. The molecule has 1 N–H and O–H groups in total. The van der Waals surface area contributed by atoms with E-state index in [1.54, 1.807) is 6.92 Å². The Labute approximate surface area is 188 Å². The van der Waals surface area contributed by atoms with Gasteiger partial charge in [0.25, 0.3) is 0 Å². The summed E-state index contributed by atoms with van der Waals surface area (Å²) in [6.45, 7) is 1.56. The monoisotopic (exact) mass is 444 g/mol. The van der Waals surface area contributed by atoms with E-state index < -0.39 is 46.3 Å². The van der Waals surface area contributed by atoms with Gasteiger partial charge in [-0.1, -0.05) is 19.1 Å². The molecule has 0 spiro atoms. The Kier molecular flexibility index (Phi) is 4.93. The minimum absolute atomic E-state index is 0.236. The second kappa shape index (κ2) is 7.41. The maximum atomic E-state index is 13.6. The second-order valence-electron chi connectivity index (χ2n) is 7.89. The van der Waals surface area contributed by atoms with Crippen LogP contribution in [0.2, 0.25) is 0 Å². The minimum Gasteiger partial charge on any atom is -0.465 e. The summed E-state index contributed by atoms with van der Waals surface area (Å²) in [5.74, 6) is -4.33. The number of halogens is 1. The summed E-state index contributed by atoms with van der Waals surface area (Å²) in [6.07, 6.45) is -1.33. The highest BCUT2D eigenvalue weighted by atomic mass is 19.1. The van der Waals surface area contributed by atoms with Crippen molar-refractivity contribution >= 4 is 11.9 Å². The van der Waals surface area contributed by atoms with Crippen LogP contribution in [0.3, 0.4) is 0 Å². The third-order valence-electron chi connectivity index (χ3n) is 6.55. The van der Waals surface area contributed by atoms with Gasteiger partial charge in [0.15, 0.2) is 5.41 Å². The molecule has 9 heteroatoms. The van der Waals surface area contributed by atoms with Crippen LogP contribution in [0.25, 0.3) is 0 Å². The first-order valence-electron chi connectivity index (χ1n) is 9.90. The van der Waals surface area contributed by atoms with Crippen molar-refractivity contribution in [3.63, 3.8) is 0 Å². The van der Waals surface area contributed by atoms with E-state index in [9.17, 15) is 25.0 Å². The number of carbonyl (C=O) groups is 1. The average Bonchev–Trinajstić information content (AvgIpc) is 3.00. The minimum atomic E-state index is -2.15. The van der Waals surface area contributed by atoms with Gasteiger partial charge in [0.2, 0.25) is 17.1 Å². The Balaban J connectivity index is 1.97. The summed E-state index contributed by atoms with van der Waals surface area (Å²) in [5, 5.41) is 39.3. The summed E-state index contributed by atoms with van der Waals surface area (Å²) >= 11 is 0. The summed E-state index contributed by atoms with van der Waals surface area (Å²) in [6, 6.07) is 17.0. The lowest BCUT2D eigenvalue weighted by molar-refractivity contribution is -0.288. The number of hydrogen-bond donors (Lipinski definition) is 1. The summed E-state index contributed by atoms with van der Waals surface area (Å²) < 4.78 is 30.5. The molecule has 2 aliphatic heterocycles. The molecule has 0 amide bonds. The predicted molar refractivity (Wildman–Crippen MR) is 109 cm³/mol. The largest absolute Gasteiger partial charge is 0.465 e. The van der Waals surface area contributed by atoms with Gasteiger partial charge in [0.1, 0.15) is 11.9 Å². The average molecular weight is 444 g/mol. The molecule has 2 heterocycles. The number of hydrogen-bond acceptors (Lipinski definition) is 8. The van der Waals surface area contributed by atoms with Gasteiger partial charge in [-0.05, 0) is 42.0 Å². The maximum absolute atomic E-state index is 13.6. The summed E-state index contributed by atoms with van der Waals surface area (Å²) in [5.41, 5.74) is -3.24. The van der Waals surface area contributed by atoms with Crippen molar-refractivity contribution in [2.75, 3.05) is 7.11 Å². The van der Waals surface area contributed by atoms with Crippen LogP contribution in [0, 0.1) is 62.0 Å². The molecule has 33 heavy (non-hydrogen) atoms. The molecule has 2 saturated heterocycles. The molecule has 4 atom stereocenters. The first kappa shape index (κ1) is 22.0. The van der Waals surface area contributed by atoms with Crippen molar-refractivity contribution in [3.05, 3.63) is 71.0 Å². The van der Waals surface area contributed by atoms with Crippen LogP contribution in [-0.2, 0) is 20.0 Å². The highest BCUT2D eigenvalue weighted by molar-refractivity contribution is 5.90. The fraction of sp³-hybridized carbons (Fsp3) is 0.292. The fourth-order valence-electron chi connectivity index (χ4n) is 4.76. The Morgan fingerprint density at radius 2 is 1.67 bits per heavy atom. The molecule has 164 valence electrons. The van der Waals surface area contributed by atoms with Crippen molar-refractivity contribution in [3.8, 4) is 18.2 Å². The molecule has 2 aromatic rings. The molecule has 2 fully saturated rings. The lowest BCUT2D eigenvalue weighted by atomic mass is 9.53. The van der Waals surface area contributed by atoms with Crippen LogP contribution in [0.1, 0.15) is 34.5 Å². The van der Waals surface area contributed by atoms with E-state index in [4.69, 9.17) is 19.6 Å². The van der Waals surface area contributed by atoms with Gasteiger partial charge in [-0.3, -0.25) is 5.41 Å². The van der Waals surface area contributed by atoms with Crippen LogP contribution < -0.4 is 0 Å². The summed E-state index contributed by atoms with van der Waals surface area (Å²) in [4.78, 5) is 11.8. The van der Waals surface area contributed by atoms with E-state index in [0.29, 0.717) is 11.1 Å². The number of nitriles is 3. The Hall–Kier alpha value is -4.26. The lowest BCUT2D eigenvalue weighted by Crippen LogP contribution is -2.57. The SMILES string of the molecule is COC(=O)c1ccc(C2OC3(c4ccc(F)cc4)OC(=N)C(C#N)(C3C)C2(C#N)C#N)cc1. The number of nitrogens with one attached hydrogen (secondary N) is 1. The van der Waals surface area contributed by atoms with Crippen molar-refractivity contribution in [1.29, 1.82) is 21.2 Å². The predicted octanol–water partition coefficient (Wildman–Crippen LogP) is 3.72. The molecular formula is C24H17FN4O4.